The highest BCUT2D eigenvalue weighted by molar-refractivity contribution is 5.39. The maximum absolute atomic E-state index is 5.75. The van der Waals surface area contributed by atoms with Crippen LogP contribution in [0.25, 0.3) is 0 Å². The minimum atomic E-state index is 0.389. The van der Waals surface area contributed by atoms with E-state index in [0.29, 0.717) is 6.54 Å². The smallest absolute Gasteiger partial charge is 0.120 e. The van der Waals surface area contributed by atoms with Crippen LogP contribution in [-0.2, 0) is 0 Å². The molecule has 0 aromatic heterocycles. The highest BCUT2D eigenvalue weighted by Gasteiger charge is 2.10. The lowest BCUT2D eigenvalue weighted by Crippen LogP contribution is -2.25. The fourth-order valence-electron chi connectivity index (χ4n) is 2.12. The SMILES string of the molecule is NCC#Cc1cccc(OCCN2CCCC2)c1. The fraction of sp³-hybridized carbons (Fsp3) is 0.467. The number of benzene rings is 1. The van der Waals surface area contributed by atoms with Gasteiger partial charge in [0.05, 0.1) is 6.54 Å². The number of hydrogen-bond donors (Lipinski definition) is 1. The maximum atomic E-state index is 5.75. The predicted molar refractivity (Wildman–Crippen MR) is 73.5 cm³/mol. The van der Waals surface area contributed by atoms with Gasteiger partial charge in [-0.15, -0.1) is 0 Å². The van der Waals surface area contributed by atoms with Gasteiger partial charge < -0.3 is 10.5 Å². The lowest BCUT2D eigenvalue weighted by atomic mass is 10.2. The minimum Gasteiger partial charge on any atom is -0.492 e. The van der Waals surface area contributed by atoms with Crippen molar-refractivity contribution >= 4 is 0 Å². The van der Waals surface area contributed by atoms with Gasteiger partial charge >= 0.3 is 0 Å². The molecule has 2 N–H and O–H groups in total. The van der Waals surface area contributed by atoms with Crippen LogP contribution in [0.2, 0.25) is 0 Å². The molecule has 96 valence electrons. The van der Waals surface area contributed by atoms with Crippen LogP contribution in [0.5, 0.6) is 5.75 Å². The summed E-state index contributed by atoms with van der Waals surface area (Å²) in [5, 5.41) is 0. The number of ether oxygens (including phenoxy) is 1. The summed E-state index contributed by atoms with van der Waals surface area (Å²) in [6.45, 7) is 4.57. The molecule has 1 fully saturated rings. The number of rotatable bonds is 4. The topological polar surface area (TPSA) is 38.5 Å². The van der Waals surface area contributed by atoms with Crippen LogP contribution < -0.4 is 10.5 Å². The van der Waals surface area contributed by atoms with Crippen molar-refractivity contribution in [2.45, 2.75) is 12.8 Å². The summed E-state index contributed by atoms with van der Waals surface area (Å²) >= 11 is 0. The Morgan fingerprint density at radius 2 is 2.11 bits per heavy atom. The lowest BCUT2D eigenvalue weighted by molar-refractivity contribution is 0.238. The third-order valence-electron chi connectivity index (χ3n) is 3.04. The second-order valence-electron chi connectivity index (χ2n) is 4.43. The zero-order chi connectivity index (χ0) is 12.6. The van der Waals surface area contributed by atoms with Gasteiger partial charge in [0.1, 0.15) is 12.4 Å². The molecule has 0 saturated carbocycles. The Morgan fingerprint density at radius 3 is 2.89 bits per heavy atom. The summed E-state index contributed by atoms with van der Waals surface area (Å²) in [4.78, 5) is 2.44. The van der Waals surface area contributed by atoms with Crippen LogP contribution in [0.15, 0.2) is 24.3 Å². The molecule has 18 heavy (non-hydrogen) atoms. The summed E-state index contributed by atoms with van der Waals surface area (Å²) < 4.78 is 5.75. The van der Waals surface area contributed by atoms with E-state index in [9.17, 15) is 0 Å². The average molecular weight is 244 g/mol. The minimum absolute atomic E-state index is 0.389. The van der Waals surface area contributed by atoms with E-state index in [-0.39, 0.29) is 0 Å². The normalized spacial score (nSPS) is 15.2. The van der Waals surface area contributed by atoms with Crippen LogP contribution in [-0.4, -0.2) is 37.7 Å². The van der Waals surface area contributed by atoms with Gasteiger partial charge in [0.15, 0.2) is 0 Å². The molecule has 1 aromatic rings. The van der Waals surface area contributed by atoms with Crippen LogP contribution >= 0.6 is 0 Å². The molecule has 1 aliphatic rings. The summed E-state index contributed by atoms with van der Waals surface area (Å²) in [5.74, 6) is 6.74. The Bertz CT molecular complexity index is 428. The number of nitrogens with two attached hydrogens (primary N) is 1. The first-order valence-corrected chi connectivity index (χ1v) is 6.52. The molecule has 0 unspecified atom stereocenters. The van der Waals surface area contributed by atoms with Gasteiger partial charge in [-0.3, -0.25) is 4.90 Å². The highest BCUT2D eigenvalue weighted by atomic mass is 16.5. The molecule has 3 nitrogen and oxygen atoms in total. The van der Waals surface area contributed by atoms with Crippen molar-refractivity contribution in [2.75, 3.05) is 32.8 Å². The predicted octanol–water partition coefficient (Wildman–Crippen LogP) is 1.47. The molecule has 0 atom stereocenters. The van der Waals surface area contributed by atoms with E-state index in [4.69, 9.17) is 10.5 Å². The van der Waals surface area contributed by atoms with Crippen molar-refractivity contribution in [3.8, 4) is 17.6 Å². The Morgan fingerprint density at radius 1 is 1.28 bits per heavy atom. The van der Waals surface area contributed by atoms with Crippen LogP contribution in [0, 0.1) is 11.8 Å². The van der Waals surface area contributed by atoms with Crippen molar-refractivity contribution < 1.29 is 4.74 Å². The molecule has 0 spiro atoms. The summed E-state index contributed by atoms with van der Waals surface area (Å²) in [5.41, 5.74) is 6.31. The summed E-state index contributed by atoms with van der Waals surface area (Å²) in [6.07, 6.45) is 2.65. The van der Waals surface area contributed by atoms with E-state index in [1.165, 1.54) is 25.9 Å². The number of likely N-dealkylation sites (tertiary alicyclic amines) is 1. The molecule has 0 bridgehead atoms. The second-order valence-corrected chi connectivity index (χ2v) is 4.43. The van der Waals surface area contributed by atoms with E-state index in [1.54, 1.807) is 0 Å². The maximum Gasteiger partial charge on any atom is 0.120 e. The molecular weight excluding hydrogens is 224 g/mol. The monoisotopic (exact) mass is 244 g/mol. The van der Waals surface area contributed by atoms with Gasteiger partial charge in [-0.05, 0) is 44.1 Å². The van der Waals surface area contributed by atoms with Gasteiger partial charge in [-0.1, -0.05) is 17.9 Å². The molecule has 2 rings (SSSR count). The zero-order valence-corrected chi connectivity index (χ0v) is 10.7. The number of hydrogen-bond acceptors (Lipinski definition) is 3. The number of nitrogens with zero attached hydrogens (tertiary/aromatic N) is 1. The largest absolute Gasteiger partial charge is 0.492 e. The molecular formula is C15H20N2O. The first-order chi connectivity index (χ1) is 8.88. The average Bonchev–Trinajstić information content (AvgIpc) is 2.90. The summed E-state index contributed by atoms with van der Waals surface area (Å²) in [6, 6.07) is 7.87. The Hall–Kier alpha value is -1.50. The van der Waals surface area contributed by atoms with Crippen molar-refractivity contribution in [1.29, 1.82) is 0 Å². The van der Waals surface area contributed by atoms with Crippen LogP contribution in [0.1, 0.15) is 18.4 Å². The van der Waals surface area contributed by atoms with Gasteiger partial charge in [0, 0.05) is 12.1 Å². The van der Waals surface area contributed by atoms with Gasteiger partial charge in [0.2, 0.25) is 0 Å². The standard InChI is InChI=1S/C15H20N2O/c16-8-4-6-14-5-3-7-15(13-14)18-12-11-17-9-1-2-10-17/h3,5,7,13H,1-2,8-12,16H2. The zero-order valence-electron chi connectivity index (χ0n) is 10.7. The van der Waals surface area contributed by atoms with E-state index in [1.807, 2.05) is 24.3 Å². The van der Waals surface area contributed by atoms with Crippen LogP contribution in [0.3, 0.4) is 0 Å². The molecule has 1 heterocycles. The molecule has 1 aromatic carbocycles. The Labute approximate surface area is 109 Å². The third-order valence-corrected chi connectivity index (χ3v) is 3.04. The van der Waals surface area contributed by atoms with E-state index in [2.05, 4.69) is 16.7 Å². The first-order valence-electron chi connectivity index (χ1n) is 6.52. The van der Waals surface area contributed by atoms with Crippen LogP contribution in [0.4, 0.5) is 0 Å². The van der Waals surface area contributed by atoms with Gasteiger partial charge in [-0.2, -0.15) is 0 Å². The molecule has 0 aliphatic carbocycles. The Balaban J connectivity index is 1.81. The van der Waals surface area contributed by atoms with Crippen molar-refractivity contribution in [3.63, 3.8) is 0 Å². The molecule has 0 amide bonds. The lowest BCUT2D eigenvalue weighted by Gasteiger charge is -2.14. The molecule has 1 aliphatic heterocycles. The van der Waals surface area contributed by atoms with Gasteiger partial charge in [0.25, 0.3) is 0 Å². The highest BCUT2D eigenvalue weighted by Crippen LogP contribution is 2.13. The molecule has 3 heteroatoms. The van der Waals surface area contributed by atoms with Crippen molar-refractivity contribution in [3.05, 3.63) is 29.8 Å². The second kappa shape index (κ2) is 7.05. The third kappa shape index (κ3) is 4.06. The summed E-state index contributed by atoms with van der Waals surface area (Å²) in [7, 11) is 0. The quantitative estimate of drug-likeness (QED) is 0.815. The first kappa shape index (κ1) is 12.9. The van der Waals surface area contributed by atoms with Crippen molar-refractivity contribution in [2.24, 2.45) is 5.73 Å². The Kier molecular flexibility index (Phi) is 5.07. The molecule has 1 saturated heterocycles. The van der Waals surface area contributed by atoms with E-state index < -0.39 is 0 Å². The van der Waals surface area contributed by atoms with Crippen molar-refractivity contribution in [1.82, 2.24) is 4.90 Å². The fourth-order valence-corrected chi connectivity index (χ4v) is 2.12. The van der Waals surface area contributed by atoms with E-state index >= 15 is 0 Å². The molecule has 0 radical (unpaired) electrons. The van der Waals surface area contributed by atoms with E-state index in [0.717, 1.165) is 24.5 Å². The van der Waals surface area contributed by atoms with Gasteiger partial charge in [-0.25, -0.2) is 0 Å².